The number of halogens is 1. The number of hydrogen-bond donors (Lipinski definition) is 2. The van der Waals surface area contributed by atoms with E-state index in [0.29, 0.717) is 12.5 Å². The molecule has 1 unspecified atom stereocenters. The Hall–Kier alpha value is -1.04. The molecule has 1 aromatic carbocycles. The van der Waals surface area contributed by atoms with Gasteiger partial charge in [0.1, 0.15) is 0 Å². The van der Waals surface area contributed by atoms with Gasteiger partial charge in [-0.15, -0.1) is 24.0 Å². The monoisotopic (exact) mass is 399 g/mol. The molecule has 3 nitrogen and oxygen atoms in total. The molecule has 116 valence electrons. The first-order valence-electron chi connectivity index (χ1n) is 7.28. The van der Waals surface area contributed by atoms with Crippen molar-refractivity contribution in [3.05, 3.63) is 47.5 Å². The zero-order chi connectivity index (χ0) is 14.6. The highest BCUT2D eigenvalue weighted by Gasteiger charge is 2.31. The first-order chi connectivity index (χ1) is 9.51. The van der Waals surface area contributed by atoms with Crippen LogP contribution in [0, 0.1) is 0 Å². The highest BCUT2D eigenvalue weighted by atomic mass is 127. The fourth-order valence-corrected chi connectivity index (χ4v) is 2.85. The summed E-state index contributed by atoms with van der Waals surface area (Å²) in [6, 6.07) is 8.71. The van der Waals surface area contributed by atoms with E-state index in [0.717, 1.165) is 12.1 Å². The van der Waals surface area contributed by atoms with Gasteiger partial charge in [-0.25, -0.2) is 0 Å². The standard InChI is InChI=1S/C17H25N3.HI/c1-13(2)11-19-16(18)20-12-17(3)10-6-8-14-7-4-5-9-15(14)17;/h4-5,7,9H,1,6,8,10-12H2,2-3H3,(H3,18,19,20);1H. The number of benzene rings is 1. The molecular formula is C17H26IN3. The van der Waals surface area contributed by atoms with E-state index in [9.17, 15) is 0 Å². The van der Waals surface area contributed by atoms with Gasteiger partial charge in [-0.3, -0.25) is 4.99 Å². The van der Waals surface area contributed by atoms with Crippen molar-refractivity contribution in [2.75, 3.05) is 13.1 Å². The van der Waals surface area contributed by atoms with Crippen LogP contribution in [0.2, 0.25) is 0 Å². The highest BCUT2D eigenvalue weighted by Crippen LogP contribution is 2.37. The lowest BCUT2D eigenvalue weighted by Crippen LogP contribution is -2.36. The number of hydrogen-bond acceptors (Lipinski definition) is 1. The minimum atomic E-state index is 0. The van der Waals surface area contributed by atoms with Crippen molar-refractivity contribution in [2.24, 2.45) is 10.7 Å². The quantitative estimate of drug-likeness (QED) is 0.353. The van der Waals surface area contributed by atoms with Crippen molar-refractivity contribution < 1.29 is 0 Å². The number of fused-ring (bicyclic) bond motifs is 1. The third-order valence-corrected chi connectivity index (χ3v) is 4.01. The van der Waals surface area contributed by atoms with Crippen LogP contribution >= 0.6 is 24.0 Å². The zero-order valence-corrected chi connectivity index (χ0v) is 15.3. The van der Waals surface area contributed by atoms with E-state index in [4.69, 9.17) is 5.73 Å². The molecule has 0 aromatic heterocycles. The molecule has 0 aliphatic heterocycles. The van der Waals surface area contributed by atoms with E-state index < -0.39 is 0 Å². The first-order valence-corrected chi connectivity index (χ1v) is 7.28. The number of aliphatic imine (C=N–C) groups is 1. The largest absolute Gasteiger partial charge is 0.370 e. The topological polar surface area (TPSA) is 50.4 Å². The smallest absolute Gasteiger partial charge is 0.188 e. The van der Waals surface area contributed by atoms with Crippen molar-refractivity contribution >= 4 is 29.9 Å². The molecule has 0 saturated carbocycles. The fourth-order valence-electron chi connectivity index (χ4n) is 2.85. The lowest BCUT2D eigenvalue weighted by atomic mass is 9.71. The van der Waals surface area contributed by atoms with Crippen LogP contribution in [0.15, 0.2) is 41.4 Å². The summed E-state index contributed by atoms with van der Waals surface area (Å²) >= 11 is 0. The lowest BCUT2D eigenvalue weighted by Gasteiger charge is -2.34. The summed E-state index contributed by atoms with van der Waals surface area (Å²) in [4.78, 5) is 4.53. The minimum absolute atomic E-state index is 0. The molecule has 21 heavy (non-hydrogen) atoms. The van der Waals surface area contributed by atoms with Gasteiger partial charge in [0.05, 0.1) is 6.54 Å². The second-order valence-electron chi connectivity index (χ2n) is 6.08. The fraction of sp³-hybridized carbons (Fsp3) is 0.471. The first kappa shape index (κ1) is 18.0. The molecule has 0 amide bonds. The van der Waals surface area contributed by atoms with Crippen LogP contribution in [0.4, 0.5) is 0 Å². The molecule has 2 rings (SSSR count). The molecule has 0 fully saturated rings. The summed E-state index contributed by atoms with van der Waals surface area (Å²) in [7, 11) is 0. The van der Waals surface area contributed by atoms with Crippen LogP contribution in [0.5, 0.6) is 0 Å². The zero-order valence-electron chi connectivity index (χ0n) is 13.0. The molecule has 0 bridgehead atoms. The van der Waals surface area contributed by atoms with E-state index in [1.165, 1.54) is 30.4 Å². The summed E-state index contributed by atoms with van der Waals surface area (Å²) < 4.78 is 0. The van der Waals surface area contributed by atoms with Gasteiger partial charge in [-0.1, -0.05) is 43.3 Å². The molecule has 0 saturated heterocycles. The second-order valence-corrected chi connectivity index (χ2v) is 6.08. The molecule has 1 aliphatic carbocycles. The van der Waals surface area contributed by atoms with E-state index in [1.807, 2.05) is 6.92 Å². The third kappa shape index (κ3) is 4.73. The Bertz CT molecular complexity index is 525. The Labute approximate surface area is 145 Å². The van der Waals surface area contributed by atoms with Gasteiger partial charge in [-0.05, 0) is 37.3 Å². The molecule has 3 N–H and O–H groups in total. The van der Waals surface area contributed by atoms with Crippen LogP contribution in [-0.4, -0.2) is 19.0 Å². The molecule has 1 aromatic rings. The Morgan fingerprint density at radius 1 is 1.43 bits per heavy atom. The SMILES string of the molecule is C=C(C)CNC(N)=NCC1(C)CCCc2ccccc21.I. The van der Waals surface area contributed by atoms with Crippen LogP contribution in [0.25, 0.3) is 0 Å². The predicted molar refractivity (Wildman–Crippen MR) is 101 cm³/mol. The maximum Gasteiger partial charge on any atom is 0.188 e. The van der Waals surface area contributed by atoms with Crippen LogP contribution in [0.1, 0.15) is 37.8 Å². The molecule has 4 heteroatoms. The average molecular weight is 399 g/mol. The van der Waals surface area contributed by atoms with Crippen molar-refractivity contribution in [2.45, 2.75) is 38.5 Å². The van der Waals surface area contributed by atoms with Crippen LogP contribution < -0.4 is 11.1 Å². The van der Waals surface area contributed by atoms with E-state index in [1.54, 1.807) is 0 Å². The predicted octanol–water partition coefficient (Wildman–Crippen LogP) is 3.38. The molecule has 0 spiro atoms. The van der Waals surface area contributed by atoms with Crippen LogP contribution in [-0.2, 0) is 11.8 Å². The van der Waals surface area contributed by atoms with E-state index in [-0.39, 0.29) is 29.4 Å². The number of nitrogens with two attached hydrogens (primary N) is 1. The van der Waals surface area contributed by atoms with Gasteiger partial charge >= 0.3 is 0 Å². The summed E-state index contributed by atoms with van der Waals surface area (Å²) in [6.45, 7) is 9.53. The Balaban J connectivity index is 0.00000220. The van der Waals surface area contributed by atoms with Gasteiger partial charge in [0.2, 0.25) is 0 Å². The van der Waals surface area contributed by atoms with Gasteiger partial charge in [0.25, 0.3) is 0 Å². The maximum atomic E-state index is 5.92. The summed E-state index contributed by atoms with van der Waals surface area (Å²) in [5, 5.41) is 3.09. The lowest BCUT2D eigenvalue weighted by molar-refractivity contribution is 0.404. The van der Waals surface area contributed by atoms with Crippen molar-refractivity contribution in [1.82, 2.24) is 5.32 Å². The maximum absolute atomic E-state index is 5.92. The van der Waals surface area contributed by atoms with Gasteiger partial charge in [0.15, 0.2) is 5.96 Å². The molecule has 1 atom stereocenters. The van der Waals surface area contributed by atoms with Gasteiger partial charge < -0.3 is 11.1 Å². The van der Waals surface area contributed by atoms with Gasteiger partial charge in [-0.2, -0.15) is 0 Å². The van der Waals surface area contributed by atoms with Crippen molar-refractivity contribution in [3.63, 3.8) is 0 Å². The Morgan fingerprint density at radius 2 is 2.14 bits per heavy atom. The van der Waals surface area contributed by atoms with E-state index in [2.05, 4.69) is 48.1 Å². The minimum Gasteiger partial charge on any atom is -0.370 e. The average Bonchev–Trinajstić information content (AvgIpc) is 2.44. The van der Waals surface area contributed by atoms with Crippen LogP contribution in [0.3, 0.4) is 0 Å². The number of nitrogens with zero attached hydrogens (tertiary/aromatic N) is 1. The molecular weight excluding hydrogens is 373 g/mol. The number of rotatable bonds is 4. The summed E-state index contributed by atoms with van der Waals surface area (Å²) in [5.41, 5.74) is 9.97. The molecule has 0 heterocycles. The number of nitrogens with one attached hydrogen (secondary N) is 1. The summed E-state index contributed by atoms with van der Waals surface area (Å²) in [5.74, 6) is 0.511. The summed E-state index contributed by atoms with van der Waals surface area (Å²) in [6.07, 6.45) is 3.57. The Kier molecular flexibility index (Phi) is 6.71. The Morgan fingerprint density at radius 3 is 2.86 bits per heavy atom. The van der Waals surface area contributed by atoms with Crippen molar-refractivity contribution in [3.8, 4) is 0 Å². The number of guanidine groups is 1. The normalized spacial score (nSPS) is 21.1. The van der Waals surface area contributed by atoms with Crippen molar-refractivity contribution in [1.29, 1.82) is 0 Å². The van der Waals surface area contributed by atoms with Gasteiger partial charge in [0, 0.05) is 12.0 Å². The van der Waals surface area contributed by atoms with E-state index >= 15 is 0 Å². The second kappa shape index (κ2) is 7.82. The number of aryl methyl sites for hydroxylation is 1. The molecule has 1 aliphatic rings. The third-order valence-electron chi connectivity index (χ3n) is 4.01. The highest BCUT2D eigenvalue weighted by molar-refractivity contribution is 14.0. The molecule has 0 radical (unpaired) electrons.